The van der Waals surface area contributed by atoms with Gasteiger partial charge in [-0.25, -0.2) is 0 Å². The van der Waals surface area contributed by atoms with Crippen molar-refractivity contribution in [1.82, 2.24) is 4.57 Å². The Bertz CT molecular complexity index is 537. The third-order valence-electron chi connectivity index (χ3n) is 2.86. The smallest absolute Gasteiger partial charge is 0.228 e. The van der Waals surface area contributed by atoms with E-state index in [1.54, 1.807) is 7.11 Å². The lowest BCUT2D eigenvalue weighted by Gasteiger charge is -2.00. The average molecular weight is 213 g/mol. The summed E-state index contributed by atoms with van der Waals surface area (Å²) in [6.07, 6.45) is 4.25. The molecule has 0 bridgehead atoms. The number of hydrogen-bond acceptors (Lipinski definition) is 1. The topological polar surface area (TPSA) is 17.2 Å². The Kier molecular flexibility index (Phi) is 2.03. The van der Waals surface area contributed by atoms with Crippen molar-refractivity contribution in [3.8, 4) is 5.75 Å². The highest BCUT2D eigenvalue weighted by Gasteiger charge is 2.19. The van der Waals surface area contributed by atoms with Gasteiger partial charge in [-0.2, -0.15) is 4.58 Å². The summed E-state index contributed by atoms with van der Waals surface area (Å²) < 4.78 is 9.57. The van der Waals surface area contributed by atoms with Crippen molar-refractivity contribution in [2.75, 3.05) is 7.11 Å². The number of nitrogens with zero attached hydrogens (tertiary/aromatic N) is 2. The van der Waals surface area contributed by atoms with E-state index in [1.807, 2.05) is 12.1 Å². The standard InChI is InChI=1S/C13H13N2O/c1-16-13-6-4-11(5-7-13)15-9-12-3-2-8-14(12)10-15/h2-9H,10H2,1H3/q+1. The summed E-state index contributed by atoms with van der Waals surface area (Å²) in [5.74, 6) is 0.891. The third-order valence-corrected chi connectivity index (χ3v) is 2.86. The Morgan fingerprint density at radius 1 is 1.19 bits per heavy atom. The van der Waals surface area contributed by atoms with Crippen LogP contribution in [0.2, 0.25) is 0 Å². The number of benzene rings is 1. The first-order valence-electron chi connectivity index (χ1n) is 5.27. The molecule has 0 N–H and O–H groups in total. The molecular formula is C13H13N2O+. The lowest BCUT2D eigenvalue weighted by atomic mass is 10.3. The molecule has 2 aromatic rings. The zero-order chi connectivity index (χ0) is 11.0. The van der Waals surface area contributed by atoms with Crippen molar-refractivity contribution in [3.05, 3.63) is 48.3 Å². The SMILES string of the molecule is COc1ccc([N+]2=Cc3cccn3C2)cc1. The van der Waals surface area contributed by atoms with Crippen LogP contribution in [0.25, 0.3) is 0 Å². The van der Waals surface area contributed by atoms with Gasteiger partial charge in [-0.15, -0.1) is 0 Å². The fourth-order valence-electron chi connectivity index (χ4n) is 1.97. The van der Waals surface area contributed by atoms with E-state index in [9.17, 15) is 0 Å². The van der Waals surface area contributed by atoms with Gasteiger partial charge in [0.1, 0.15) is 11.4 Å². The normalized spacial score (nSPS) is 13.4. The lowest BCUT2D eigenvalue weighted by molar-refractivity contribution is -0.463. The molecule has 80 valence electrons. The summed E-state index contributed by atoms with van der Waals surface area (Å²) in [5, 5.41) is 0. The number of rotatable bonds is 2. The fraction of sp³-hybridized carbons (Fsp3) is 0.154. The number of ether oxygens (including phenoxy) is 1. The molecule has 1 aliphatic rings. The first kappa shape index (κ1) is 9.21. The summed E-state index contributed by atoms with van der Waals surface area (Å²) >= 11 is 0. The Morgan fingerprint density at radius 2 is 2.00 bits per heavy atom. The maximum atomic E-state index is 5.14. The van der Waals surface area contributed by atoms with Crippen LogP contribution in [0.5, 0.6) is 5.75 Å². The first-order chi connectivity index (χ1) is 7.86. The van der Waals surface area contributed by atoms with Crippen LogP contribution in [0.1, 0.15) is 5.69 Å². The molecule has 3 nitrogen and oxygen atoms in total. The van der Waals surface area contributed by atoms with Gasteiger partial charge in [0.15, 0.2) is 6.21 Å². The van der Waals surface area contributed by atoms with Crippen molar-refractivity contribution in [3.63, 3.8) is 0 Å². The van der Waals surface area contributed by atoms with Crippen molar-refractivity contribution < 1.29 is 9.31 Å². The Labute approximate surface area is 94.2 Å². The van der Waals surface area contributed by atoms with Crippen molar-refractivity contribution in [2.45, 2.75) is 6.67 Å². The molecule has 0 atom stereocenters. The molecule has 3 rings (SSSR count). The van der Waals surface area contributed by atoms with Crippen LogP contribution >= 0.6 is 0 Å². The van der Waals surface area contributed by atoms with Gasteiger partial charge < -0.3 is 4.74 Å². The van der Waals surface area contributed by atoms with Gasteiger partial charge in [-0.1, -0.05) is 0 Å². The van der Waals surface area contributed by atoms with Crippen LogP contribution < -0.4 is 4.74 Å². The molecule has 1 aliphatic heterocycles. The van der Waals surface area contributed by atoms with Crippen molar-refractivity contribution in [2.24, 2.45) is 0 Å². The van der Waals surface area contributed by atoms with E-state index in [-0.39, 0.29) is 0 Å². The maximum Gasteiger partial charge on any atom is 0.228 e. The van der Waals surface area contributed by atoms with Crippen LogP contribution in [0.4, 0.5) is 5.69 Å². The van der Waals surface area contributed by atoms with Crippen LogP contribution in [0.3, 0.4) is 0 Å². The lowest BCUT2D eigenvalue weighted by Crippen LogP contribution is -2.03. The van der Waals surface area contributed by atoms with Crippen LogP contribution in [0.15, 0.2) is 42.6 Å². The van der Waals surface area contributed by atoms with Gasteiger partial charge in [0.05, 0.1) is 7.11 Å². The summed E-state index contributed by atoms with van der Waals surface area (Å²) in [5.41, 5.74) is 2.43. The van der Waals surface area contributed by atoms with Crippen LogP contribution in [-0.4, -0.2) is 22.5 Å². The van der Waals surface area contributed by atoms with Gasteiger partial charge in [0.25, 0.3) is 0 Å². The molecule has 0 unspecified atom stereocenters. The minimum absolute atomic E-state index is 0.884. The van der Waals surface area contributed by atoms with Gasteiger partial charge >= 0.3 is 0 Å². The summed E-state index contributed by atoms with van der Waals surface area (Å²) in [6, 6.07) is 12.3. The van der Waals surface area contributed by atoms with Gasteiger partial charge in [-0.05, 0) is 24.3 Å². The molecule has 1 aromatic heterocycles. The second-order valence-electron chi connectivity index (χ2n) is 3.84. The van der Waals surface area contributed by atoms with Crippen molar-refractivity contribution >= 4 is 11.9 Å². The molecule has 16 heavy (non-hydrogen) atoms. The predicted octanol–water partition coefficient (Wildman–Crippen LogP) is 2.23. The zero-order valence-electron chi connectivity index (χ0n) is 9.13. The van der Waals surface area contributed by atoms with Crippen LogP contribution in [-0.2, 0) is 6.67 Å². The molecule has 2 heterocycles. The fourth-order valence-corrected chi connectivity index (χ4v) is 1.97. The van der Waals surface area contributed by atoms with Gasteiger partial charge in [0, 0.05) is 18.3 Å². The second kappa shape index (κ2) is 3.52. The molecule has 0 aliphatic carbocycles. The number of aromatic nitrogens is 1. The van der Waals surface area contributed by atoms with E-state index in [0.717, 1.165) is 12.4 Å². The minimum Gasteiger partial charge on any atom is -0.497 e. The van der Waals surface area contributed by atoms with E-state index in [0.29, 0.717) is 0 Å². The molecule has 3 heteroatoms. The molecule has 0 spiro atoms. The first-order valence-corrected chi connectivity index (χ1v) is 5.27. The van der Waals surface area contributed by atoms with Crippen molar-refractivity contribution in [1.29, 1.82) is 0 Å². The highest BCUT2D eigenvalue weighted by atomic mass is 16.5. The average Bonchev–Trinajstić information content (AvgIpc) is 2.89. The van der Waals surface area contributed by atoms with E-state index >= 15 is 0 Å². The summed E-state index contributed by atoms with van der Waals surface area (Å²) in [4.78, 5) is 0. The molecule has 0 radical (unpaired) electrons. The Hall–Kier alpha value is -2.03. The van der Waals surface area contributed by atoms with E-state index in [1.165, 1.54) is 11.4 Å². The zero-order valence-corrected chi connectivity index (χ0v) is 9.13. The van der Waals surface area contributed by atoms with E-state index in [4.69, 9.17) is 4.74 Å². The Morgan fingerprint density at radius 3 is 2.69 bits per heavy atom. The third kappa shape index (κ3) is 1.41. The minimum atomic E-state index is 0.884. The van der Waals surface area contributed by atoms with E-state index in [2.05, 4.69) is 45.8 Å². The maximum absolute atomic E-state index is 5.14. The largest absolute Gasteiger partial charge is 0.497 e. The van der Waals surface area contributed by atoms with Crippen LogP contribution in [0, 0.1) is 0 Å². The van der Waals surface area contributed by atoms with E-state index < -0.39 is 0 Å². The molecule has 0 amide bonds. The molecule has 0 saturated carbocycles. The highest BCUT2D eigenvalue weighted by molar-refractivity contribution is 5.75. The molecule has 1 aromatic carbocycles. The predicted molar refractivity (Wildman–Crippen MR) is 62.5 cm³/mol. The monoisotopic (exact) mass is 213 g/mol. The molecular weight excluding hydrogens is 200 g/mol. The molecule has 0 saturated heterocycles. The number of methoxy groups -OCH3 is 1. The number of hydrogen-bond donors (Lipinski definition) is 0. The number of fused-ring (bicyclic) bond motifs is 1. The van der Waals surface area contributed by atoms with Gasteiger partial charge in [0.2, 0.25) is 12.4 Å². The summed E-state index contributed by atoms with van der Waals surface area (Å²) in [7, 11) is 1.68. The molecule has 0 fully saturated rings. The van der Waals surface area contributed by atoms with Gasteiger partial charge in [-0.3, -0.25) is 4.57 Å². The second-order valence-corrected chi connectivity index (χ2v) is 3.84. The quantitative estimate of drug-likeness (QED) is 0.699. The highest BCUT2D eigenvalue weighted by Crippen LogP contribution is 2.20. The Balaban J connectivity index is 1.92. The summed E-state index contributed by atoms with van der Waals surface area (Å²) in [6.45, 7) is 0.884.